The number of carbonyl (C=O) groups excluding carboxylic acids is 1. The van der Waals surface area contributed by atoms with E-state index in [1.807, 2.05) is 13.8 Å². The first-order valence-corrected chi connectivity index (χ1v) is 3.05. The zero-order valence-corrected chi connectivity index (χ0v) is 6.19. The summed E-state index contributed by atoms with van der Waals surface area (Å²) in [6.07, 6.45) is 0. The summed E-state index contributed by atoms with van der Waals surface area (Å²) in [6.45, 7) is 6.77. The Kier molecular flexibility index (Phi) is 3.69. The van der Waals surface area contributed by atoms with Crippen LogP contribution in [0.3, 0.4) is 0 Å². The highest BCUT2D eigenvalue weighted by Crippen LogP contribution is 1.98. The molecule has 0 saturated carbocycles. The molecule has 0 rings (SSSR count). The highest BCUT2D eigenvalue weighted by molar-refractivity contribution is 5.85. The van der Waals surface area contributed by atoms with Crippen molar-refractivity contribution in [3.05, 3.63) is 12.4 Å². The van der Waals surface area contributed by atoms with Crippen LogP contribution in [0.1, 0.15) is 13.8 Å². The van der Waals surface area contributed by atoms with Crippen LogP contribution >= 0.6 is 0 Å². The molecule has 0 heterocycles. The molecule has 0 bridgehead atoms. The largest absolute Gasteiger partial charge is 0.460 e. The van der Waals surface area contributed by atoms with E-state index in [0.717, 1.165) is 0 Å². The lowest BCUT2D eigenvalue weighted by Gasteiger charge is -2.04. The van der Waals surface area contributed by atoms with Crippen LogP contribution in [-0.4, -0.2) is 12.6 Å². The van der Waals surface area contributed by atoms with E-state index < -0.39 is 11.8 Å². The van der Waals surface area contributed by atoms with Crippen LogP contribution in [0.4, 0.5) is 4.39 Å². The molecule has 0 fully saturated rings. The maximum atomic E-state index is 11.9. The van der Waals surface area contributed by atoms with Crippen LogP contribution in [0.25, 0.3) is 0 Å². The van der Waals surface area contributed by atoms with Gasteiger partial charge in [-0.2, -0.15) is 4.39 Å². The first kappa shape index (κ1) is 9.14. The van der Waals surface area contributed by atoms with E-state index in [9.17, 15) is 9.18 Å². The van der Waals surface area contributed by atoms with Crippen LogP contribution in [0.5, 0.6) is 0 Å². The average molecular weight is 146 g/mol. The minimum atomic E-state index is -1.04. The van der Waals surface area contributed by atoms with Gasteiger partial charge in [-0.3, -0.25) is 0 Å². The summed E-state index contributed by atoms with van der Waals surface area (Å²) in [5, 5.41) is 0. The SMILES string of the molecule is C=C(F)C(=O)OCC(C)C. The van der Waals surface area contributed by atoms with E-state index >= 15 is 0 Å². The highest BCUT2D eigenvalue weighted by atomic mass is 19.1. The molecule has 0 aliphatic carbocycles. The van der Waals surface area contributed by atoms with Gasteiger partial charge in [-0.15, -0.1) is 0 Å². The molecule has 0 atom stereocenters. The van der Waals surface area contributed by atoms with E-state index in [0.29, 0.717) is 0 Å². The molecular weight excluding hydrogens is 135 g/mol. The maximum Gasteiger partial charge on any atom is 0.366 e. The van der Waals surface area contributed by atoms with Crippen LogP contribution in [0.15, 0.2) is 12.4 Å². The normalized spacial score (nSPS) is 9.60. The molecule has 0 amide bonds. The van der Waals surface area contributed by atoms with Gasteiger partial charge in [0.05, 0.1) is 6.61 Å². The Hall–Kier alpha value is -0.860. The quantitative estimate of drug-likeness (QED) is 0.447. The van der Waals surface area contributed by atoms with Gasteiger partial charge in [-0.1, -0.05) is 20.4 Å². The van der Waals surface area contributed by atoms with Crippen molar-refractivity contribution in [1.82, 2.24) is 0 Å². The monoisotopic (exact) mass is 146 g/mol. The Labute approximate surface area is 59.7 Å². The molecule has 0 aromatic rings. The topological polar surface area (TPSA) is 26.3 Å². The van der Waals surface area contributed by atoms with Crippen molar-refractivity contribution < 1.29 is 13.9 Å². The van der Waals surface area contributed by atoms with Gasteiger partial charge in [-0.05, 0) is 5.92 Å². The lowest BCUT2D eigenvalue weighted by molar-refractivity contribution is -0.141. The first-order chi connectivity index (χ1) is 4.54. The summed E-state index contributed by atoms with van der Waals surface area (Å²) >= 11 is 0. The lowest BCUT2D eigenvalue weighted by atomic mass is 10.2. The summed E-state index contributed by atoms with van der Waals surface area (Å²) in [5.74, 6) is -1.78. The lowest BCUT2D eigenvalue weighted by Crippen LogP contribution is -2.09. The minimum Gasteiger partial charge on any atom is -0.460 e. The Morgan fingerprint density at radius 3 is 2.50 bits per heavy atom. The zero-order chi connectivity index (χ0) is 8.15. The molecule has 0 spiro atoms. The Morgan fingerprint density at radius 2 is 2.20 bits per heavy atom. The smallest absolute Gasteiger partial charge is 0.366 e. The molecule has 3 heteroatoms. The summed E-state index contributed by atoms with van der Waals surface area (Å²) in [4.78, 5) is 10.4. The molecule has 0 saturated heterocycles. The third-order valence-corrected chi connectivity index (χ3v) is 0.769. The standard InChI is InChI=1S/C7H11FO2/c1-5(2)4-10-7(9)6(3)8/h5H,3-4H2,1-2H3. The number of hydrogen-bond acceptors (Lipinski definition) is 2. The summed E-state index contributed by atoms with van der Waals surface area (Å²) in [6, 6.07) is 0. The van der Waals surface area contributed by atoms with Gasteiger partial charge in [0.15, 0.2) is 0 Å². The number of esters is 1. The molecule has 0 radical (unpaired) electrons. The number of hydrogen-bond donors (Lipinski definition) is 0. The Morgan fingerprint density at radius 1 is 1.70 bits per heavy atom. The van der Waals surface area contributed by atoms with E-state index in [1.165, 1.54) is 0 Å². The van der Waals surface area contributed by atoms with Crippen molar-refractivity contribution in [1.29, 1.82) is 0 Å². The minimum absolute atomic E-state index is 0.225. The maximum absolute atomic E-state index is 11.9. The van der Waals surface area contributed by atoms with Gasteiger partial charge in [0.2, 0.25) is 5.83 Å². The van der Waals surface area contributed by atoms with Crippen LogP contribution in [-0.2, 0) is 9.53 Å². The van der Waals surface area contributed by atoms with Crippen molar-refractivity contribution in [2.24, 2.45) is 5.92 Å². The molecular formula is C7H11FO2. The third-order valence-electron chi connectivity index (χ3n) is 0.769. The fourth-order valence-electron chi connectivity index (χ4n) is 0.321. The Balaban J connectivity index is 3.50. The number of halogens is 1. The predicted octanol–water partition coefficient (Wildman–Crippen LogP) is 1.67. The fraction of sp³-hybridized carbons (Fsp3) is 0.571. The van der Waals surface area contributed by atoms with Gasteiger partial charge in [0, 0.05) is 0 Å². The van der Waals surface area contributed by atoms with E-state index in [4.69, 9.17) is 0 Å². The average Bonchev–Trinajstić information content (AvgIpc) is 1.82. The van der Waals surface area contributed by atoms with Crippen LogP contribution < -0.4 is 0 Å². The van der Waals surface area contributed by atoms with Crippen molar-refractivity contribution >= 4 is 5.97 Å². The van der Waals surface area contributed by atoms with E-state index in [-0.39, 0.29) is 12.5 Å². The van der Waals surface area contributed by atoms with Crippen molar-refractivity contribution in [3.8, 4) is 0 Å². The van der Waals surface area contributed by atoms with Crippen molar-refractivity contribution in [2.45, 2.75) is 13.8 Å². The summed E-state index contributed by atoms with van der Waals surface area (Å²) in [7, 11) is 0. The number of ether oxygens (including phenoxy) is 1. The second-order valence-electron chi connectivity index (χ2n) is 2.40. The fourth-order valence-corrected chi connectivity index (χ4v) is 0.321. The van der Waals surface area contributed by atoms with Gasteiger partial charge < -0.3 is 4.74 Å². The molecule has 0 aromatic heterocycles. The van der Waals surface area contributed by atoms with Crippen LogP contribution in [0, 0.1) is 5.92 Å². The molecule has 0 aliphatic heterocycles. The van der Waals surface area contributed by atoms with Gasteiger partial charge >= 0.3 is 5.97 Å². The third kappa shape index (κ3) is 4.06. The molecule has 0 aliphatic rings. The molecule has 58 valence electrons. The molecule has 2 nitrogen and oxygen atoms in total. The van der Waals surface area contributed by atoms with E-state index in [2.05, 4.69) is 11.3 Å². The Bertz CT molecular complexity index is 141. The molecule has 10 heavy (non-hydrogen) atoms. The van der Waals surface area contributed by atoms with Crippen molar-refractivity contribution in [3.63, 3.8) is 0 Å². The highest BCUT2D eigenvalue weighted by Gasteiger charge is 2.06. The second kappa shape index (κ2) is 4.04. The van der Waals surface area contributed by atoms with E-state index in [1.54, 1.807) is 0 Å². The van der Waals surface area contributed by atoms with Crippen molar-refractivity contribution in [2.75, 3.05) is 6.61 Å². The van der Waals surface area contributed by atoms with Gasteiger partial charge in [-0.25, -0.2) is 4.79 Å². The van der Waals surface area contributed by atoms with Crippen LogP contribution in [0.2, 0.25) is 0 Å². The zero-order valence-electron chi connectivity index (χ0n) is 6.19. The molecule has 0 aromatic carbocycles. The summed E-state index contributed by atoms with van der Waals surface area (Å²) in [5.41, 5.74) is 0. The number of rotatable bonds is 3. The van der Waals surface area contributed by atoms with Gasteiger partial charge in [0.25, 0.3) is 0 Å². The first-order valence-electron chi connectivity index (χ1n) is 3.05. The molecule has 0 unspecified atom stereocenters. The molecule has 0 N–H and O–H groups in total. The predicted molar refractivity (Wildman–Crippen MR) is 36.0 cm³/mol. The summed E-state index contributed by atoms with van der Waals surface area (Å²) < 4.78 is 16.3. The van der Waals surface area contributed by atoms with Gasteiger partial charge in [0.1, 0.15) is 0 Å². The number of carbonyl (C=O) groups is 1. The second-order valence-corrected chi connectivity index (χ2v) is 2.40.